The normalized spacial score (nSPS) is 11.7. The van der Waals surface area contributed by atoms with E-state index >= 15 is 0 Å². The summed E-state index contributed by atoms with van der Waals surface area (Å²) >= 11 is 0. The second-order valence-electron chi connectivity index (χ2n) is 4.48. The zero-order chi connectivity index (χ0) is 14.3. The number of likely N-dealkylation sites (N-methyl/N-ethyl adjacent to an activating group) is 1. The van der Waals surface area contributed by atoms with Crippen molar-refractivity contribution in [3.8, 4) is 0 Å². The summed E-state index contributed by atoms with van der Waals surface area (Å²) < 4.78 is 0. The van der Waals surface area contributed by atoms with Gasteiger partial charge in [0.1, 0.15) is 0 Å². The van der Waals surface area contributed by atoms with Crippen molar-refractivity contribution in [2.24, 2.45) is 0 Å². The smallest absolute Gasteiger partial charge is 0.242 e. The van der Waals surface area contributed by atoms with Crippen LogP contribution in [0.15, 0.2) is 30.3 Å². The molecule has 0 saturated heterocycles. The van der Waals surface area contributed by atoms with Crippen molar-refractivity contribution >= 4 is 11.8 Å². The number of benzene rings is 1. The van der Waals surface area contributed by atoms with Gasteiger partial charge >= 0.3 is 0 Å². The Morgan fingerprint density at radius 1 is 1.32 bits per heavy atom. The third-order valence-corrected chi connectivity index (χ3v) is 2.96. The fourth-order valence-electron chi connectivity index (χ4n) is 1.51. The van der Waals surface area contributed by atoms with Gasteiger partial charge in [-0.25, -0.2) is 0 Å². The summed E-state index contributed by atoms with van der Waals surface area (Å²) in [4.78, 5) is 24.8. The fraction of sp³-hybridized carbons (Fsp3) is 0.429. The van der Waals surface area contributed by atoms with E-state index < -0.39 is 0 Å². The second-order valence-corrected chi connectivity index (χ2v) is 4.48. The molecule has 2 amide bonds. The molecule has 1 unspecified atom stereocenters. The summed E-state index contributed by atoms with van der Waals surface area (Å²) in [7, 11) is 1.60. The molecule has 1 aromatic rings. The Bertz CT molecular complexity index is 420. The maximum absolute atomic E-state index is 11.7. The van der Waals surface area contributed by atoms with E-state index in [9.17, 15) is 9.59 Å². The molecule has 0 aliphatic rings. The highest BCUT2D eigenvalue weighted by Gasteiger charge is 2.15. The first-order chi connectivity index (χ1) is 9.04. The van der Waals surface area contributed by atoms with E-state index in [0.717, 1.165) is 5.56 Å². The van der Waals surface area contributed by atoms with Crippen molar-refractivity contribution in [2.45, 2.75) is 19.4 Å². The fourth-order valence-corrected chi connectivity index (χ4v) is 1.51. The molecule has 0 aromatic heterocycles. The summed E-state index contributed by atoms with van der Waals surface area (Å²) in [6, 6.07) is 9.09. The van der Waals surface area contributed by atoms with Gasteiger partial charge < -0.3 is 15.3 Å². The number of aliphatic hydroxyl groups excluding tert-OH is 1. The molecule has 0 heterocycles. The van der Waals surface area contributed by atoms with Crippen LogP contribution in [0, 0.1) is 0 Å². The average Bonchev–Trinajstić information content (AvgIpc) is 2.44. The molecule has 1 rings (SSSR count). The van der Waals surface area contributed by atoms with Gasteiger partial charge in [0.2, 0.25) is 11.8 Å². The molecular formula is C14H20N2O3. The molecule has 5 heteroatoms. The maximum atomic E-state index is 11.7. The topological polar surface area (TPSA) is 69.6 Å². The largest absolute Gasteiger partial charge is 0.394 e. The summed E-state index contributed by atoms with van der Waals surface area (Å²) in [5.74, 6) is -0.410. The number of nitrogens with zero attached hydrogens (tertiary/aromatic N) is 1. The van der Waals surface area contributed by atoms with Crippen LogP contribution in [0.5, 0.6) is 0 Å². The van der Waals surface area contributed by atoms with Crippen LogP contribution in [-0.4, -0.2) is 48.1 Å². The zero-order valence-corrected chi connectivity index (χ0v) is 11.3. The molecule has 19 heavy (non-hydrogen) atoms. The van der Waals surface area contributed by atoms with E-state index in [2.05, 4.69) is 5.32 Å². The number of rotatable bonds is 6. The summed E-state index contributed by atoms with van der Waals surface area (Å²) in [5, 5.41) is 11.5. The lowest BCUT2D eigenvalue weighted by Crippen LogP contribution is -2.43. The summed E-state index contributed by atoms with van der Waals surface area (Å²) in [6.45, 7) is 1.59. The number of hydrogen-bond donors (Lipinski definition) is 2. The number of hydrogen-bond acceptors (Lipinski definition) is 3. The summed E-state index contributed by atoms with van der Waals surface area (Å²) in [6.07, 6.45) is 0.257. The highest BCUT2D eigenvalue weighted by molar-refractivity contribution is 5.85. The van der Waals surface area contributed by atoms with Crippen molar-refractivity contribution in [1.29, 1.82) is 0 Å². The molecular weight excluding hydrogens is 244 g/mol. The SMILES string of the molecule is CC(CO)N(C)C(=O)CNC(=O)Cc1ccccc1. The molecule has 1 aromatic carbocycles. The van der Waals surface area contributed by atoms with Gasteiger partial charge in [-0.3, -0.25) is 9.59 Å². The third-order valence-electron chi connectivity index (χ3n) is 2.96. The second kappa shape index (κ2) is 7.53. The lowest BCUT2D eigenvalue weighted by Gasteiger charge is -2.23. The van der Waals surface area contributed by atoms with Crippen LogP contribution in [0.1, 0.15) is 12.5 Å². The van der Waals surface area contributed by atoms with Crippen molar-refractivity contribution < 1.29 is 14.7 Å². The Balaban J connectivity index is 2.36. The van der Waals surface area contributed by atoms with Gasteiger partial charge in [-0.2, -0.15) is 0 Å². The van der Waals surface area contributed by atoms with Crippen molar-refractivity contribution in [3.05, 3.63) is 35.9 Å². The first-order valence-corrected chi connectivity index (χ1v) is 6.21. The van der Waals surface area contributed by atoms with E-state index in [1.54, 1.807) is 14.0 Å². The minimum atomic E-state index is -0.251. The first kappa shape index (κ1) is 15.2. The lowest BCUT2D eigenvalue weighted by atomic mass is 10.1. The van der Waals surface area contributed by atoms with E-state index in [0.29, 0.717) is 0 Å². The van der Waals surface area contributed by atoms with Crippen molar-refractivity contribution in [1.82, 2.24) is 10.2 Å². The highest BCUT2D eigenvalue weighted by atomic mass is 16.3. The molecule has 0 aliphatic heterocycles. The van der Waals surface area contributed by atoms with Crippen LogP contribution >= 0.6 is 0 Å². The molecule has 0 aliphatic carbocycles. The van der Waals surface area contributed by atoms with Gasteiger partial charge in [0.05, 0.1) is 25.6 Å². The van der Waals surface area contributed by atoms with E-state index in [-0.39, 0.29) is 37.4 Å². The van der Waals surface area contributed by atoms with Crippen LogP contribution in [0.4, 0.5) is 0 Å². The Kier molecular flexibility index (Phi) is 6.02. The quantitative estimate of drug-likeness (QED) is 0.770. The molecule has 0 bridgehead atoms. The Labute approximate surface area is 113 Å². The number of amides is 2. The predicted molar refractivity (Wildman–Crippen MR) is 72.5 cm³/mol. The molecule has 5 nitrogen and oxygen atoms in total. The number of nitrogens with one attached hydrogen (secondary N) is 1. The molecule has 0 saturated carbocycles. The third kappa shape index (κ3) is 5.09. The number of carbonyl (C=O) groups is 2. The van der Waals surface area contributed by atoms with Gasteiger partial charge in [-0.1, -0.05) is 30.3 Å². The highest BCUT2D eigenvalue weighted by Crippen LogP contribution is 1.99. The lowest BCUT2D eigenvalue weighted by molar-refractivity contribution is -0.133. The number of aliphatic hydroxyl groups is 1. The zero-order valence-electron chi connectivity index (χ0n) is 11.3. The van der Waals surface area contributed by atoms with Crippen LogP contribution in [-0.2, 0) is 16.0 Å². The van der Waals surface area contributed by atoms with E-state index in [1.807, 2.05) is 30.3 Å². The van der Waals surface area contributed by atoms with E-state index in [1.165, 1.54) is 4.90 Å². The number of carbonyl (C=O) groups excluding carboxylic acids is 2. The van der Waals surface area contributed by atoms with Gasteiger partial charge in [0.25, 0.3) is 0 Å². The molecule has 1 atom stereocenters. The average molecular weight is 264 g/mol. The minimum absolute atomic E-state index is 0.0491. The van der Waals surface area contributed by atoms with Crippen molar-refractivity contribution in [2.75, 3.05) is 20.2 Å². The summed E-state index contributed by atoms with van der Waals surface area (Å²) in [5.41, 5.74) is 0.907. The molecule has 0 fully saturated rings. The molecule has 104 valence electrons. The van der Waals surface area contributed by atoms with Crippen LogP contribution in [0.3, 0.4) is 0 Å². The molecule has 0 spiro atoms. The maximum Gasteiger partial charge on any atom is 0.242 e. The first-order valence-electron chi connectivity index (χ1n) is 6.21. The Hall–Kier alpha value is -1.88. The van der Waals surface area contributed by atoms with Crippen LogP contribution in [0.2, 0.25) is 0 Å². The van der Waals surface area contributed by atoms with Crippen LogP contribution < -0.4 is 5.32 Å². The molecule has 0 radical (unpaired) electrons. The Morgan fingerprint density at radius 2 is 1.95 bits per heavy atom. The van der Waals surface area contributed by atoms with Gasteiger partial charge in [0.15, 0.2) is 0 Å². The van der Waals surface area contributed by atoms with Gasteiger partial charge in [-0.05, 0) is 12.5 Å². The Morgan fingerprint density at radius 3 is 2.53 bits per heavy atom. The van der Waals surface area contributed by atoms with E-state index in [4.69, 9.17) is 5.11 Å². The standard InChI is InChI=1S/C14H20N2O3/c1-11(10-17)16(2)14(19)9-15-13(18)8-12-6-4-3-5-7-12/h3-7,11,17H,8-10H2,1-2H3,(H,15,18). The van der Waals surface area contributed by atoms with Crippen molar-refractivity contribution in [3.63, 3.8) is 0 Å². The van der Waals surface area contributed by atoms with Gasteiger partial charge in [-0.15, -0.1) is 0 Å². The predicted octanol–water partition coefficient (Wildman–Crippen LogP) is 0.185. The monoisotopic (exact) mass is 264 g/mol. The van der Waals surface area contributed by atoms with Crippen LogP contribution in [0.25, 0.3) is 0 Å². The molecule has 2 N–H and O–H groups in total. The minimum Gasteiger partial charge on any atom is -0.394 e. The van der Waals surface area contributed by atoms with Gasteiger partial charge in [0, 0.05) is 7.05 Å².